The van der Waals surface area contributed by atoms with Gasteiger partial charge in [0.05, 0.1) is 31.0 Å². The molecule has 5 rings (SSSR count). The number of aliphatic hydroxyl groups excluding tert-OH is 1. The van der Waals surface area contributed by atoms with Gasteiger partial charge >= 0.3 is 0 Å². The van der Waals surface area contributed by atoms with E-state index in [1.54, 1.807) is 36.4 Å². The summed E-state index contributed by atoms with van der Waals surface area (Å²) in [6.07, 6.45) is 1.52. The highest BCUT2D eigenvalue weighted by Crippen LogP contribution is 2.42. The molecule has 0 radical (unpaired) electrons. The summed E-state index contributed by atoms with van der Waals surface area (Å²) in [5.74, 6) is 0.192. The molecule has 42 heavy (non-hydrogen) atoms. The van der Waals surface area contributed by atoms with Gasteiger partial charge in [0.1, 0.15) is 29.6 Å². The number of furan rings is 1. The maximum atomic E-state index is 13.5. The van der Waals surface area contributed by atoms with E-state index < -0.39 is 17.7 Å². The molecule has 1 aliphatic rings. The maximum absolute atomic E-state index is 13.5. The molecule has 1 saturated heterocycles. The number of hydrogen-bond donors (Lipinski definition) is 1. The van der Waals surface area contributed by atoms with Crippen molar-refractivity contribution < 1.29 is 28.6 Å². The summed E-state index contributed by atoms with van der Waals surface area (Å²) in [6, 6.07) is 25.1. The molecule has 1 aliphatic heterocycles. The molecule has 0 bridgehead atoms. The van der Waals surface area contributed by atoms with Crippen LogP contribution >= 0.6 is 0 Å². The molecule has 0 saturated carbocycles. The Bertz CT molecular complexity index is 1580. The zero-order chi connectivity index (χ0) is 29.9. The molecule has 1 amide bonds. The Hall–Kier alpha value is -4.78. The third-order valence-corrected chi connectivity index (χ3v) is 7.25. The van der Waals surface area contributed by atoms with Crippen molar-refractivity contribution in [3.05, 3.63) is 125 Å². The van der Waals surface area contributed by atoms with E-state index in [2.05, 4.69) is 20.8 Å². The number of carbonyl (C=O) groups is 2. The number of benzene rings is 3. The molecular weight excluding hydrogens is 530 g/mol. The van der Waals surface area contributed by atoms with Gasteiger partial charge in [-0.1, -0.05) is 63.2 Å². The van der Waals surface area contributed by atoms with Crippen LogP contribution < -0.4 is 9.47 Å². The fourth-order valence-electron chi connectivity index (χ4n) is 5.15. The predicted octanol–water partition coefficient (Wildman–Crippen LogP) is 7.18. The Kier molecular flexibility index (Phi) is 8.20. The van der Waals surface area contributed by atoms with Crippen LogP contribution in [-0.2, 0) is 28.2 Å². The fourth-order valence-corrected chi connectivity index (χ4v) is 5.15. The number of Topliss-reactive ketones (excluding diaryl/α,β-unsaturated/α-hetero) is 1. The standard InChI is InChI=1S/C35H35NO6/c1-5-40-29-18-15-25(20-28(29)35(2,3)4)32(37)30-31(36(34(39)33(30)38)21-27-12-9-19-41-27)24-13-16-26(17-14-24)42-22-23-10-7-6-8-11-23/h6-20,31,37H,5,21-22H2,1-4H3/b32-30-. The molecule has 1 N–H and O–H groups in total. The number of ketones is 1. The molecule has 7 nitrogen and oxygen atoms in total. The number of rotatable bonds is 9. The lowest BCUT2D eigenvalue weighted by Crippen LogP contribution is -2.29. The van der Waals surface area contributed by atoms with Crippen molar-refractivity contribution in [2.45, 2.75) is 52.3 Å². The fraction of sp³-hybridized carbons (Fsp3) is 0.257. The summed E-state index contributed by atoms with van der Waals surface area (Å²) < 4.78 is 17.3. The lowest BCUT2D eigenvalue weighted by atomic mass is 9.84. The first-order valence-electron chi connectivity index (χ1n) is 14.0. The highest BCUT2D eigenvalue weighted by molar-refractivity contribution is 6.46. The molecule has 216 valence electrons. The normalized spacial score (nSPS) is 16.6. The minimum absolute atomic E-state index is 0.0218. The van der Waals surface area contributed by atoms with Crippen LogP contribution in [0.3, 0.4) is 0 Å². The average molecular weight is 566 g/mol. The Morgan fingerprint density at radius 2 is 1.67 bits per heavy atom. The van der Waals surface area contributed by atoms with Crippen LogP contribution in [0.2, 0.25) is 0 Å². The molecule has 2 heterocycles. The predicted molar refractivity (Wildman–Crippen MR) is 160 cm³/mol. The van der Waals surface area contributed by atoms with Gasteiger partial charge in [0.2, 0.25) is 0 Å². The molecule has 4 aromatic rings. The van der Waals surface area contributed by atoms with Gasteiger partial charge in [-0.15, -0.1) is 0 Å². The van der Waals surface area contributed by atoms with Crippen molar-refractivity contribution in [2.24, 2.45) is 0 Å². The van der Waals surface area contributed by atoms with Crippen molar-refractivity contribution in [3.8, 4) is 11.5 Å². The van der Waals surface area contributed by atoms with Gasteiger partial charge in [-0.25, -0.2) is 0 Å². The number of nitrogens with zero attached hydrogens (tertiary/aromatic N) is 1. The monoisotopic (exact) mass is 565 g/mol. The van der Waals surface area contributed by atoms with Crippen LogP contribution in [0.5, 0.6) is 11.5 Å². The summed E-state index contributed by atoms with van der Waals surface area (Å²) in [5, 5.41) is 11.7. The third-order valence-electron chi connectivity index (χ3n) is 7.25. The van der Waals surface area contributed by atoms with Gasteiger partial charge in [-0.2, -0.15) is 0 Å². The molecule has 1 atom stereocenters. The second-order valence-corrected chi connectivity index (χ2v) is 11.2. The van der Waals surface area contributed by atoms with Crippen molar-refractivity contribution in [2.75, 3.05) is 6.61 Å². The lowest BCUT2D eigenvalue weighted by molar-refractivity contribution is -0.140. The first-order chi connectivity index (χ1) is 20.2. The summed E-state index contributed by atoms with van der Waals surface area (Å²) in [6.45, 7) is 9.05. The van der Waals surface area contributed by atoms with E-state index in [-0.39, 0.29) is 23.3 Å². The van der Waals surface area contributed by atoms with E-state index in [0.717, 1.165) is 11.1 Å². The Balaban J connectivity index is 1.55. The van der Waals surface area contributed by atoms with Crippen molar-refractivity contribution in [1.29, 1.82) is 0 Å². The SMILES string of the molecule is CCOc1ccc(/C(O)=C2/C(=O)C(=O)N(Cc3ccco3)C2c2ccc(OCc3ccccc3)cc2)cc1C(C)(C)C. The number of ether oxygens (including phenoxy) is 2. The van der Waals surface area contributed by atoms with Crippen LogP contribution in [0.1, 0.15) is 61.8 Å². The van der Waals surface area contributed by atoms with Gasteiger partial charge in [0, 0.05) is 11.1 Å². The molecule has 1 unspecified atom stereocenters. The lowest BCUT2D eigenvalue weighted by Gasteiger charge is -2.25. The van der Waals surface area contributed by atoms with Gasteiger partial charge in [-0.3, -0.25) is 9.59 Å². The van der Waals surface area contributed by atoms with Crippen molar-refractivity contribution >= 4 is 17.4 Å². The van der Waals surface area contributed by atoms with E-state index in [4.69, 9.17) is 13.9 Å². The summed E-state index contributed by atoms with van der Waals surface area (Å²) in [4.78, 5) is 28.4. The summed E-state index contributed by atoms with van der Waals surface area (Å²) in [7, 11) is 0. The molecule has 7 heteroatoms. The van der Waals surface area contributed by atoms with Crippen LogP contribution in [0.25, 0.3) is 5.76 Å². The van der Waals surface area contributed by atoms with Gasteiger partial charge in [0.15, 0.2) is 0 Å². The van der Waals surface area contributed by atoms with Gasteiger partial charge < -0.3 is 23.9 Å². The molecule has 0 aliphatic carbocycles. The van der Waals surface area contributed by atoms with E-state index in [9.17, 15) is 14.7 Å². The molecule has 3 aromatic carbocycles. The Morgan fingerprint density at radius 3 is 2.31 bits per heavy atom. The molecule has 1 aromatic heterocycles. The van der Waals surface area contributed by atoms with E-state index in [1.165, 1.54) is 11.2 Å². The quantitative estimate of drug-likeness (QED) is 0.131. The average Bonchev–Trinajstić information content (AvgIpc) is 3.59. The highest BCUT2D eigenvalue weighted by Gasteiger charge is 2.46. The highest BCUT2D eigenvalue weighted by atomic mass is 16.5. The molecule has 1 fully saturated rings. The van der Waals surface area contributed by atoms with Gasteiger partial charge in [-0.05, 0) is 65.9 Å². The smallest absolute Gasteiger partial charge is 0.296 e. The number of hydrogen-bond acceptors (Lipinski definition) is 6. The summed E-state index contributed by atoms with van der Waals surface area (Å²) in [5.41, 5.74) is 2.76. The van der Waals surface area contributed by atoms with E-state index >= 15 is 0 Å². The third kappa shape index (κ3) is 5.96. The largest absolute Gasteiger partial charge is 0.507 e. The maximum Gasteiger partial charge on any atom is 0.296 e. The zero-order valence-corrected chi connectivity index (χ0v) is 24.3. The Labute approximate surface area is 246 Å². The van der Waals surface area contributed by atoms with Crippen LogP contribution in [0, 0.1) is 0 Å². The van der Waals surface area contributed by atoms with Crippen LogP contribution in [-0.4, -0.2) is 28.3 Å². The topological polar surface area (TPSA) is 89.2 Å². The Morgan fingerprint density at radius 1 is 0.929 bits per heavy atom. The second kappa shape index (κ2) is 12.0. The number of amides is 1. The number of aliphatic hydroxyl groups is 1. The van der Waals surface area contributed by atoms with Crippen molar-refractivity contribution in [3.63, 3.8) is 0 Å². The van der Waals surface area contributed by atoms with Crippen LogP contribution in [0.4, 0.5) is 0 Å². The molecular formula is C35H35NO6. The molecule has 0 spiro atoms. The van der Waals surface area contributed by atoms with Gasteiger partial charge in [0.25, 0.3) is 11.7 Å². The van der Waals surface area contributed by atoms with E-state index in [0.29, 0.717) is 41.6 Å². The number of carbonyl (C=O) groups excluding carboxylic acids is 2. The second-order valence-electron chi connectivity index (χ2n) is 11.2. The van der Waals surface area contributed by atoms with Crippen LogP contribution in [0.15, 0.2) is 101 Å². The number of likely N-dealkylation sites (tertiary alicyclic amines) is 1. The minimum Gasteiger partial charge on any atom is -0.507 e. The first kappa shape index (κ1) is 28.7. The zero-order valence-electron chi connectivity index (χ0n) is 24.3. The van der Waals surface area contributed by atoms with Crippen molar-refractivity contribution in [1.82, 2.24) is 4.90 Å². The first-order valence-corrected chi connectivity index (χ1v) is 14.0. The summed E-state index contributed by atoms with van der Waals surface area (Å²) >= 11 is 0. The minimum atomic E-state index is -0.831. The van der Waals surface area contributed by atoms with E-state index in [1.807, 2.05) is 55.5 Å².